The first-order valence-corrected chi connectivity index (χ1v) is 5.14. The molecule has 0 aliphatic carbocycles. The summed E-state index contributed by atoms with van der Waals surface area (Å²) in [5, 5.41) is 20.7. The Kier molecular flexibility index (Phi) is 3.73. The minimum absolute atomic E-state index is 0.0239. The number of phenolic OH excluding ortho intramolecular Hbond substituents is 1. The molecule has 0 saturated heterocycles. The Morgan fingerprint density at radius 3 is 2.41 bits per heavy atom. The summed E-state index contributed by atoms with van der Waals surface area (Å²) in [6.45, 7) is 2.80. The van der Waals surface area contributed by atoms with E-state index in [1.807, 2.05) is 0 Å². The number of rotatable bonds is 4. The van der Waals surface area contributed by atoms with E-state index < -0.39 is 17.4 Å². The number of para-hydroxylation sites is 1. The van der Waals surface area contributed by atoms with Crippen molar-refractivity contribution in [1.29, 1.82) is 0 Å². The van der Waals surface area contributed by atoms with Crippen molar-refractivity contribution in [1.82, 2.24) is 5.32 Å². The Labute approximate surface area is 99.1 Å². The summed E-state index contributed by atoms with van der Waals surface area (Å²) in [4.78, 5) is 22.4. The van der Waals surface area contributed by atoms with Crippen molar-refractivity contribution in [2.75, 3.05) is 0 Å². The van der Waals surface area contributed by atoms with Crippen LogP contribution in [-0.2, 0) is 16.0 Å². The maximum absolute atomic E-state index is 11.6. The van der Waals surface area contributed by atoms with Crippen molar-refractivity contribution in [3.05, 3.63) is 29.8 Å². The number of carboxylic acids is 1. The number of nitrogens with one attached hydrogen (secondary N) is 1. The van der Waals surface area contributed by atoms with Gasteiger partial charge in [0.25, 0.3) is 0 Å². The lowest BCUT2D eigenvalue weighted by Crippen LogP contribution is -2.50. The number of carbonyl (C=O) groups is 2. The number of hydrogen-bond acceptors (Lipinski definition) is 3. The minimum atomic E-state index is -1.32. The topological polar surface area (TPSA) is 86.6 Å². The molecular formula is C12H15NO4. The number of phenols is 1. The molecule has 0 atom stereocenters. The van der Waals surface area contributed by atoms with Crippen LogP contribution < -0.4 is 5.32 Å². The first kappa shape index (κ1) is 13.0. The fourth-order valence-corrected chi connectivity index (χ4v) is 1.28. The van der Waals surface area contributed by atoms with Crippen LogP contribution in [0, 0.1) is 0 Å². The Hall–Kier alpha value is -2.04. The van der Waals surface area contributed by atoms with Gasteiger partial charge in [0.1, 0.15) is 11.3 Å². The number of hydrogen-bond donors (Lipinski definition) is 3. The van der Waals surface area contributed by atoms with Crippen molar-refractivity contribution in [2.24, 2.45) is 0 Å². The van der Waals surface area contributed by atoms with Crippen molar-refractivity contribution < 1.29 is 19.8 Å². The first-order chi connectivity index (χ1) is 7.83. The van der Waals surface area contributed by atoms with Crippen molar-refractivity contribution in [3.8, 4) is 5.75 Å². The molecule has 17 heavy (non-hydrogen) atoms. The number of aliphatic carboxylic acids is 1. The van der Waals surface area contributed by atoms with Gasteiger partial charge in [0.15, 0.2) is 0 Å². The Bertz CT molecular complexity index is 440. The molecule has 1 amide bonds. The molecule has 0 aromatic heterocycles. The van der Waals surface area contributed by atoms with E-state index in [1.165, 1.54) is 19.9 Å². The average Bonchev–Trinajstić information content (AvgIpc) is 2.20. The summed E-state index contributed by atoms with van der Waals surface area (Å²) in [5.41, 5.74) is -0.854. The van der Waals surface area contributed by atoms with Gasteiger partial charge in [-0.15, -0.1) is 0 Å². The van der Waals surface area contributed by atoms with E-state index in [9.17, 15) is 14.7 Å². The number of aromatic hydroxyl groups is 1. The van der Waals surface area contributed by atoms with Gasteiger partial charge in [0, 0.05) is 5.56 Å². The molecule has 0 spiro atoms. The smallest absolute Gasteiger partial charge is 0.328 e. The molecule has 0 aliphatic heterocycles. The van der Waals surface area contributed by atoms with E-state index in [0.717, 1.165) is 0 Å². The molecule has 0 unspecified atom stereocenters. The van der Waals surface area contributed by atoms with Crippen molar-refractivity contribution in [3.63, 3.8) is 0 Å². The zero-order valence-corrected chi connectivity index (χ0v) is 9.73. The van der Waals surface area contributed by atoms with Crippen LogP contribution in [0.2, 0.25) is 0 Å². The monoisotopic (exact) mass is 237 g/mol. The van der Waals surface area contributed by atoms with Gasteiger partial charge >= 0.3 is 5.97 Å². The van der Waals surface area contributed by atoms with Crippen LogP contribution in [-0.4, -0.2) is 27.6 Å². The summed E-state index contributed by atoms with van der Waals surface area (Å²) >= 11 is 0. The number of carbonyl (C=O) groups excluding carboxylic acids is 1. The predicted octanol–water partition coefficient (Wildman–Crippen LogP) is 0.914. The maximum Gasteiger partial charge on any atom is 0.328 e. The van der Waals surface area contributed by atoms with E-state index in [0.29, 0.717) is 5.56 Å². The third-order valence-corrected chi connectivity index (χ3v) is 2.33. The second-order valence-electron chi connectivity index (χ2n) is 4.28. The van der Waals surface area contributed by atoms with E-state index in [2.05, 4.69) is 5.32 Å². The molecule has 0 heterocycles. The largest absolute Gasteiger partial charge is 0.508 e. The summed E-state index contributed by atoms with van der Waals surface area (Å²) in [7, 11) is 0. The zero-order chi connectivity index (χ0) is 13.1. The third-order valence-electron chi connectivity index (χ3n) is 2.33. The minimum Gasteiger partial charge on any atom is -0.508 e. The maximum atomic E-state index is 11.6. The molecule has 0 saturated carbocycles. The molecule has 1 rings (SSSR count). The van der Waals surface area contributed by atoms with Gasteiger partial charge in [-0.25, -0.2) is 4.79 Å². The molecule has 0 radical (unpaired) electrons. The lowest BCUT2D eigenvalue weighted by molar-refractivity contribution is -0.145. The van der Waals surface area contributed by atoms with Gasteiger partial charge < -0.3 is 15.5 Å². The van der Waals surface area contributed by atoms with Gasteiger partial charge in [-0.3, -0.25) is 4.79 Å². The Morgan fingerprint density at radius 2 is 1.88 bits per heavy atom. The van der Waals surface area contributed by atoms with Crippen LogP contribution in [0.1, 0.15) is 19.4 Å². The van der Waals surface area contributed by atoms with Crippen LogP contribution in [0.4, 0.5) is 0 Å². The Morgan fingerprint density at radius 1 is 1.29 bits per heavy atom. The highest BCUT2D eigenvalue weighted by Crippen LogP contribution is 2.16. The molecule has 0 aliphatic rings. The fraction of sp³-hybridized carbons (Fsp3) is 0.333. The number of benzene rings is 1. The molecule has 1 aromatic carbocycles. The lowest BCUT2D eigenvalue weighted by atomic mass is 10.0. The highest BCUT2D eigenvalue weighted by Gasteiger charge is 2.28. The highest BCUT2D eigenvalue weighted by molar-refractivity contribution is 5.87. The summed E-state index contributed by atoms with van der Waals surface area (Å²) in [6, 6.07) is 6.44. The molecular weight excluding hydrogens is 222 g/mol. The van der Waals surface area contributed by atoms with E-state index in [1.54, 1.807) is 18.2 Å². The molecule has 0 bridgehead atoms. The zero-order valence-electron chi connectivity index (χ0n) is 9.73. The van der Waals surface area contributed by atoms with Gasteiger partial charge in [-0.05, 0) is 19.9 Å². The van der Waals surface area contributed by atoms with Crippen LogP contribution in [0.3, 0.4) is 0 Å². The van der Waals surface area contributed by atoms with E-state index in [4.69, 9.17) is 5.11 Å². The number of amides is 1. The molecule has 1 aromatic rings. The molecule has 5 nitrogen and oxygen atoms in total. The predicted molar refractivity (Wildman–Crippen MR) is 61.7 cm³/mol. The van der Waals surface area contributed by atoms with Gasteiger partial charge in [0.05, 0.1) is 6.42 Å². The number of carboxylic acid groups (broad SMARTS) is 1. The summed E-state index contributed by atoms with van der Waals surface area (Å²) in [5.74, 6) is -1.53. The second kappa shape index (κ2) is 4.86. The quantitative estimate of drug-likeness (QED) is 0.726. The normalized spacial score (nSPS) is 10.9. The van der Waals surface area contributed by atoms with Gasteiger partial charge in [-0.2, -0.15) is 0 Å². The van der Waals surface area contributed by atoms with E-state index in [-0.39, 0.29) is 12.2 Å². The fourth-order valence-electron chi connectivity index (χ4n) is 1.28. The average molecular weight is 237 g/mol. The lowest BCUT2D eigenvalue weighted by Gasteiger charge is -2.21. The second-order valence-corrected chi connectivity index (χ2v) is 4.28. The molecule has 5 heteroatoms. The van der Waals surface area contributed by atoms with Crippen molar-refractivity contribution >= 4 is 11.9 Å². The third kappa shape index (κ3) is 3.48. The van der Waals surface area contributed by atoms with Gasteiger partial charge in [-0.1, -0.05) is 18.2 Å². The highest BCUT2D eigenvalue weighted by atomic mass is 16.4. The van der Waals surface area contributed by atoms with Crippen LogP contribution in [0.15, 0.2) is 24.3 Å². The van der Waals surface area contributed by atoms with Crippen LogP contribution in [0.5, 0.6) is 5.75 Å². The first-order valence-electron chi connectivity index (χ1n) is 5.14. The molecule has 3 N–H and O–H groups in total. The molecule has 0 fully saturated rings. The standard InChI is InChI=1S/C12H15NO4/c1-12(2,11(16)17)13-10(15)7-8-5-3-4-6-9(8)14/h3-6,14H,7H2,1-2H3,(H,13,15)(H,16,17). The molecule has 92 valence electrons. The van der Waals surface area contributed by atoms with Crippen LogP contribution >= 0.6 is 0 Å². The summed E-state index contributed by atoms with van der Waals surface area (Å²) in [6.07, 6.45) is -0.0522. The van der Waals surface area contributed by atoms with E-state index >= 15 is 0 Å². The van der Waals surface area contributed by atoms with Gasteiger partial charge in [0.2, 0.25) is 5.91 Å². The van der Waals surface area contributed by atoms with Crippen molar-refractivity contribution in [2.45, 2.75) is 25.8 Å². The SMILES string of the molecule is CC(C)(NC(=O)Cc1ccccc1O)C(=O)O. The Balaban J connectivity index is 2.69. The van der Waals surface area contributed by atoms with Crippen LogP contribution in [0.25, 0.3) is 0 Å². The summed E-state index contributed by atoms with van der Waals surface area (Å²) < 4.78 is 0.